The predicted octanol–water partition coefficient (Wildman–Crippen LogP) is 8.73. The van der Waals surface area contributed by atoms with E-state index in [0.717, 1.165) is 17.7 Å². The van der Waals surface area contributed by atoms with E-state index in [2.05, 4.69) is 13.2 Å². The van der Waals surface area contributed by atoms with Gasteiger partial charge in [0.25, 0.3) is 0 Å². The van der Waals surface area contributed by atoms with Crippen LogP contribution >= 0.6 is 11.3 Å². The van der Waals surface area contributed by atoms with Gasteiger partial charge >= 0.3 is 35.8 Å². The Morgan fingerprint density at radius 1 is 0.508 bits per heavy atom. The van der Waals surface area contributed by atoms with Crippen LogP contribution in [0, 0.1) is 23.7 Å². The summed E-state index contributed by atoms with van der Waals surface area (Å²) in [5, 5.41) is 0.645. The molecule has 0 amide bonds. The lowest BCUT2D eigenvalue weighted by atomic mass is 9.82. The van der Waals surface area contributed by atoms with Crippen molar-refractivity contribution in [3.8, 4) is 45.1 Å². The Morgan fingerprint density at radius 3 is 1.32 bits per heavy atom. The molecule has 4 aromatic carbocycles. The van der Waals surface area contributed by atoms with Crippen LogP contribution in [-0.4, -0.2) is 54.4 Å². The maximum atomic E-state index is 13.6. The van der Waals surface area contributed by atoms with Gasteiger partial charge < -0.3 is 37.9 Å². The first-order valence-electron chi connectivity index (χ1n) is 21.0. The molecule has 0 N–H and O–H groups in total. The summed E-state index contributed by atoms with van der Waals surface area (Å²) in [5.41, 5.74) is 1.21. The smallest absolute Gasteiger partial charge is 0.333 e. The van der Waals surface area contributed by atoms with Crippen LogP contribution < -0.4 is 28.4 Å². The van der Waals surface area contributed by atoms with Gasteiger partial charge in [-0.3, -0.25) is 19.2 Å². The summed E-state index contributed by atoms with van der Waals surface area (Å²) in [6.07, 6.45) is 5.47. The number of nitrogens with zero attached hydrogens (tertiary/aromatic N) is 1. The standard InChI is InChI=1S/C49H45NO14S/c1-3-41(51)59-28-57-35-18-22-37(23-19-35)61-46(53)31-10-14-33(15-11-31)48(55)63-39-26-27-40(44-43(39)50-45(65-44)30-8-6-5-7-9-30)64-49(56)34-16-12-32(13-17-34)47(54)62-38-24-20-36(21-25-38)58-29-60-42(52)4-2/h3-9,18-27,31-34H,1-2,10-17,28-29H2. The van der Waals surface area contributed by atoms with Gasteiger partial charge in [-0.15, -0.1) is 11.3 Å². The lowest BCUT2D eigenvalue weighted by Crippen LogP contribution is -2.30. The normalized spacial score (nSPS) is 18.0. The molecule has 0 bridgehead atoms. The van der Waals surface area contributed by atoms with Crippen LogP contribution in [0.4, 0.5) is 0 Å². The molecule has 2 aliphatic rings. The maximum Gasteiger partial charge on any atom is 0.333 e. The van der Waals surface area contributed by atoms with E-state index < -0.39 is 59.5 Å². The van der Waals surface area contributed by atoms with E-state index in [4.69, 9.17) is 42.9 Å². The van der Waals surface area contributed by atoms with Gasteiger partial charge in [0.1, 0.15) is 38.2 Å². The van der Waals surface area contributed by atoms with Crippen LogP contribution in [0.1, 0.15) is 51.4 Å². The molecule has 7 rings (SSSR count). The second-order valence-corrected chi connectivity index (χ2v) is 16.2. The zero-order valence-corrected chi connectivity index (χ0v) is 36.0. The summed E-state index contributed by atoms with van der Waals surface area (Å²) < 4.78 is 44.0. The maximum absolute atomic E-state index is 13.6. The number of fused-ring (bicyclic) bond motifs is 1. The molecule has 2 saturated carbocycles. The van der Waals surface area contributed by atoms with Gasteiger partial charge in [0, 0.05) is 17.7 Å². The van der Waals surface area contributed by atoms with Crippen LogP contribution in [0.15, 0.2) is 116 Å². The van der Waals surface area contributed by atoms with Gasteiger partial charge in [0.2, 0.25) is 13.6 Å². The van der Waals surface area contributed by atoms with Crippen molar-refractivity contribution in [2.24, 2.45) is 23.7 Å². The molecule has 0 radical (unpaired) electrons. The first kappa shape index (κ1) is 45.7. The monoisotopic (exact) mass is 903 g/mol. The van der Waals surface area contributed by atoms with Gasteiger partial charge in [-0.05, 0) is 112 Å². The molecule has 0 unspecified atom stereocenters. The second kappa shape index (κ2) is 21.8. The number of esters is 6. The van der Waals surface area contributed by atoms with Crippen LogP contribution in [0.2, 0.25) is 0 Å². The minimum atomic E-state index is -0.611. The number of carbonyl (C=O) groups excluding carboxylic acids is 6. The lowest BCUT2D eigenvalue weighted by molar-refractivity contribution is -0.145. The van der Waals surface area contributed by atoms with Crippen molar-refractivity contribution in [1.82, 2.24) is 4.98 Å². The van der Waals surface area contributed by atoms with Crippen LogP contribution in [0.25, 0.3) is 20.8 Å². The average Bonchev–Trinajstić information content (AvgIpc) is 3.80. The Labute approximate surface area is 377 Å². The van der Waals surface area contributed by atoms with E-state index in [1.54, 1.807) is 60.7 Å². The van der Waals surface area contributed by atoms with Gasteiger partial charge in [0.05, 0.1) is 23.7 Å². The predicted molar refractivity (Wildman–Crippen MR) is 235 cm³/mol. The summed E-state index contributed by atoms with van der Waals surface area (Å²) in [4.78, 5) is 80.4. The zero-order chi connectivity index (χ0) is 45.7. The van der Waals surface area contributed by atoms with E-state index in [1.165, 1.54) is 11.3 Å². The Kier molecular flexibility index (Phi) is 15.4. The number of aromatic nitrogens is 1. The van der Waals surface area contributed by atoms with E-state index in [1.807, 2.05) is 30.3 Å². The van der Waals surface area contributed by atoms with Crippen molar-refractivity contribution in [3.05, 3.63) is 116 Å². The Bertz CT molecular complexity index is 2370. The molecular weight excluding hydrogens is 859 g/mol. The summed E-state index contributed by atoms with van der Waals surface area (Å²) in [6.45, 7) is 6.07. The molecule has 2 aliphatic carbocycles. The third kappa shape index (κ3) is 12.2. The molecule has 336 valence electrons. The molecule has 2 fully saturated rings. The fourth-order valence-corrected chi connectivity index (χ4v) is 8.41. The van der Waals surface area contributed by atoms with Gasteiger partial charge in [-0.1, -0.05) is 43.5 Å². The quantitative estimate of drug-likeness (QED) is 0.0372. The molecule has 65 heavy (non-hydrogen) atoms. The number of thiazole rings is 1. The van der Waals surface area contributed by atoms with E-state index in [9.17, 15) is 28.8 Å². The van der Waals surface area contributed by atoms with E-state index in [0.29, 0.717) is 89.6 Å². The molecule has 0 atom stereocenters. The van der Waals surface area contributed by atoms with E-state index >= 15 is 0 Å². The molecule has 16 heteroatoms. The minimum Gasteiger partial charge on any atom is -0.457 e. The average molecular weight is 904 g/mol. The molecule has 5 aromatic rings. The van der Waals surface area contributed by atoms with Gasteiger partial charge in [0.15, 0.2) is 11.5 Å². The van der Waals surface area contributed by atoms with Crippen LogP contribution in [0.5, 0.6) is 34.5 Å². The molecule has 0 saturated heterocycles. The van der Waals surface area contributed by atoms with Crippen molar-refractivity contribution >= 4 is 57.4 Å². The number of ether oxygens (including phenoxy) is 8. The molecule has 1 aromatic heterocycles. The molecular formula is C49H45NO14S. The molecule has 1 heterocycles. The first-order chi connectivity index (χ1) is 31.6. The highest BCUT2D eigenvalue weighted by Gasteiger charge is 2.35. The van der Waals surface area contributed by atoms with Gasteiger partial charge in [-0.25, -0.2) is 14.6 Å². The summed E-state index contributed by atoms with van der Waals surface area (Å²) in [6, 6.07) is 25.3. The Hall–Kier alpha value is -7.33. The van der Waals surface area contributed by atoms with Crippen molar-refractivity contribution in [2.45, 2.75) is 51.4 Å². The third-order valence-corrected chi connectivity index (χ3v) is 12.1. The third-order valence-electron chi connectivity index (χ3n) is 11.0. The number of hydrogen-bond acceptors (Lipinski definition) is 16. The van der Waals surface area contributed by atoms with Crippen molar-refractivity contribution in [2.75, 3.05) is 13.6 Å². The van der Waals surface area contributed by atoms with Crippen molar-refractivity contribution < 1.29 is 66.7 Å². The van der Waals surface area contributed by atoms with Gasteiger partial charge in [-0.2, -0.15) is 0 Å². The highest BCUT2D eigenvalue weighted by atomic mass is 32.1. The minimum absolute atomic E-state index is 0.228. The number of carbonyl (C=O) groups is 6. The zero-order valence-electron chi connectivity index (χ0n) is 35.2. The fraction of sp³-hybridized carbons (Fsp3) is 0.286. The second-order valence-electron chi connectivity index (χ2n) is 15.2. The Balaban J connectivity index is 0.922. The largest absolute Gasteiger partial charge is 0.457 e. The SMILES string of the molecule is C=CC(=O)OCOc1ccc(OC(=O)C2CCC(C(=O)Oc3ccc(OC(=O)C4CCC(C(=O)Oc5ccc(OCOC(=O)C=C)cc5)CC4)c4sc(-c5ccccc5)nc34)CC2)cc1. The Morgan fingerprint density at radius 2 is 0.892 bits per heavy atom. The fourth-order valence-electron chi connectivity index (χ4n) is 7.38. The summed E-state index contributed by atoms with van der Waals surface area (Å²) >= 11 is 1.31. The molecule has 0 spiro atoms. The highest BCUT2D eigenvalue weighted by molar-refractivity contribution is 7.22. The van der Waals surface area contributed by atoms with E-state index in [-0.39, 0.29) is 25.1 Å². The lowest BCUT2D eigenvalue weighted by Gasteiger charge is -2.26. The van der Waals surface area contributed by atoms with Crippen molar-refractivity contribution in [3.63, 3.8) is 0 Å². The van der Waals surface area contributed by atoms with Crippen LogP contribution in [0.3, 0.4) is 0 Å². The highest BCUT2D eigenvalue weighted by Crippen LogP contribution is 2.42. The molecule has 15 nitrogen and oxygen atoms in total. The number of rotatable bonds is 17. The number of benzene rings is 4. The summed E-state index contributed by atoms with van der Waals surface area (Å²) in [7, 11) is 0. The number of hydrogen-bond donors (Lipinski definition) is 0. The topological polar surface area (TPSA) is 189 Å². The van der Waals surface area contributed by atoms with Crippen molar-refractivity contribution in [1.29, 1.82) is 0 Å². The summed E-state index contributed by atoms with van der Waals surface area (Å²) in [5.74, 6) is -2.61. The molecule has 0 aliphatic heterocycles. The first-order valence-corrected chi connectivity index (χ1v) is 21.8. The van der Waals surface area contributed by atoms with Crippen LogP contribution in [-0.2, 0) is 38.2 Å².